The number of amides is 2. The Morgan fingerprint density at radius 1 is 1.04 bits per heavy atom. The number of hydrogen-bond acceptors (Lipinski definition) is 5. The molecule has 0 spiro atoms. The van der Waals surface area contributed by atoms with Crippen LogP contribution in [0.15, 0.2) is 42.5 Å². The Morgan fingerprint density at radius 3 is 2.46 bits per heavy atom. The van der Waals surface area contributed by atoms with Gasteiger partial charge in [-0.05, 0) is 24.3 Å². The smallest absolute Gasteiger partial charge is 0.274 e. The van der Waals surface area contributed by atoms with Crippen LogP contribution in [0.1, 0.15) is 21.0 Å². The Kier molecular flexibility index (Phi) is 6.27. The van der Waals surface area contributed by atoms with Crippen LogP contribution in [0.3, 0.4) is 0 Å². The summed E-state index contributed by atoms with van der Waals surface area (Å²) in [6.07, 6.45) is 0. The van der Waals surface area contributed by atoms with Crippen molar-refractivity contribution >= 4 is 17.5 Å². The van der Waals surface area contributed by atoms with Crippen molar-refractivity contribution < 1.29 is 19.1 Å². The van der Waals surface area contributed by atoms with E-state index in [4.69, 9.17) is 9.47 Å². The molecule has 1 aromatic heterocycles. The minimum Gasteiger partial charge on any atom is -0.497 e. The number of anilines is 1. The van der Waals surface area contributed by atoms with E-state index in [1.54, 1.807) is 56.7 Å². The summed E-state index contributed by atoms with van der Waals surface area (Å²) >= 11 is 0. The Morgan fingerprint density at radius 2 is 1.75 bits per heavy atom. The summed E-state index contributed by atoms with van der Waals surface area (Å²) in [7, 11) is 3.10. The minimum absolute atomic E-state index is 0.150. The zero-order valence-corrected chi connectivity index (χ0v) is 13.5. The molecule has 0 saturated heterocycles. The number of pyridine rings is 1. The molecule has 0 fully saturated rings. The average Bonchev–Trinajstić information content (AvgIpc) is 2.62. The number of rotatable bonds is 7. The molecule has 0 aliphatic rings. The molecule has 2 rings (SSSR count). The van der Waals surface area contributed by atoms with Gasteiger partial charge in [-0.3, -0.25) is 9.59 Å². The van der Waals surface area contributed by atoms with Crippen LogP contribution in [0.4, 0.5) is 5.69 Å². The van der Waals surface area contributed by atoms with E-state index in [0.717, 1.165) is 0 Å². The first-order valence-electron chi connectivity index (χ1n) is 7.33. The number of nitrogens with one attached hydrogen (secondary N) is 2. The van der Waals surface area contributed by atoms with Crippen LogP contribution in [0.2, 0.25) is 0 Å². The molecule has 0 atom stereocenters. The predicted molar refractivity (Wildman–Crippen MR) is 89.4 cm³/mol. The quantitative estimate of drug-likeness (QED) is 0.755. The van der Waals surface area contributed by atoms with Crippen LogP contribution in [-0.2, 0) is 4.74 Å². The number of ether oxygens (including phenoxy) is 2. The van der Waals surface area contributed by atoms with Crippen molar-refractivity contribution in [3.63, 3.8) is 0 Å². The van der Waals surface area contributed by atoms with Crippen LogP contribution in [0.25, 0.3) is 0 Å². The number of benzene rings is 1. The van der Waals surface area contributed by atoms with Gasteiger partial charge in [0.05, 0.1) is 13.7 Å². The number of methoxy groups -OCH3 is 2. The third-order valence-corrected chi connectivity index (χ3v) is 3.13. The fraction of sp³-hybridized carbons (Fsp3) is 0.235. The van der Waals surface area contributed by atoms with Crippen LogP contribution in [0, 0.1) is 0 Å². The lowest BCUT2D eigenvalue weighted by molar-refractivity contribution is 0.0932. The maximum Gasteiger partial charge on any atom is 0.274 e. The topological polar surface area (TPSA) is 89.5 Å². The summed E-state index contributed by atoms with van der Waals surface area (Å²) in [5.41, 5.74) is 0.901. The largest absolute Gasteiger partial charge is 0.497 e. The zero-order valence-electron chi connectivity index (χ0n) is 13.5. The fourth-order valence-electron chi connectivity index (χ4n) is 1.94. The summed E-state index contributed by atoms with van der Waals surface area (Å²) in [5, 5.41) is 5.37. The molecule has 7 heteroatoms. The Labute approximate surface area is 140 Å². The van der Waals surface area contributed by atoms with E-state index in [9.17, 15) is 9.59 Å². The number of nitrogens with zero attached hydrogens (tertiary/aromatic N) is 1. The van der Waals surface area contributed by atoms with Gasteiger partial charge in [-0.15, -0.1) is 0 Å². The fourth-order valence-corrected chi connectivity index (χ4v) is 1.94. The van der Waals surface area contributed by atoms with Crippen LogP contribution in [0.5, 0.6) is 5.75 Å². The van der Waals surface area contributed by atoms with E-state index in [0.29, 0.717) is 24.6 Å². The summed E-state index contributed by atoms with van der Waals surface area (Å²) in [6, 6.07) is 11.7. The maximum atomic E-state index is 12.3. The van der Waals surface area contributed by atoms with E-state index < -0.39 is 5.91 Å². The average molecular weight is 329 g/mol. The van der Waals surface area contributed by atoms with Crippen molar-refractivity contribution in [3.05, 3.63) is 53.9 Å². The maximum absolute atomic E-state index is 12.3. The molecule has 126 valence electrons. The molecular weight excluding hydrogens is 310 g/mol. The summed E-state index contributed by atoms with van der Waals surface area (Å²) in [4.78, 5) is 28.3. The van der Waals surface area contributed by atoms with E-state index >= 15 is 0 Å². The van der Waals surface area contributed by atoms with Crippen molar-refractivity contribution in [1.82, 2.24) is 10.3 Å². The predicted octanol–water partition coefficient (Wildman–Crippen LogP) is 1.72. The molecule has 0 radical (unpaired) electrons. The monoisotopic (exact) mass is 329 g/mol. The summed E-state index contributed by atoms with van der Waals surface area (Å²) in [6.45, 7) is 0.777. The number of carbonyl (C=O) groups is 2. The molecule has 0 aliphatic carbocycles. The van der Waals surface area contributed by atoms with Crippen molar-refractivity contribution in [3.8, 4) is 5.75 Å². The van der Waals surface area contributed by atoms with Gasteiger partial charge < -0.3 is 20.1 Å². The molecule has 2 N–H and O–H groups in total. The molecule has 0 aliphatic heterocycles. The molecule has 1 aromatic carbocycles. The van der Waals surface area contributed by atoms with Gasteiger partial charge in [0.25, 0.3) is 11.8 Å². The minimum atomic E-state index is -0.408. The standard InChI is InChI=1S/C17H19N3O4/c1-23-10-9-18-16(21)14-7-4-8-15(20-14)17(22)19-12-5-3-6-13(11-12)24-2/h3-8,11H,9-10H2,1-2H3,(H,18,21)(H,19,22). The van der Waals surface area contributed by atoms with Crippen molar-refractivity contribution in [2.45, 2.75) is 0 Å². The molecule has 24 heavy (non-hydrogen) atoms. The lowest BCUT2D eigenvalue weighted by Gasteiger charge is -2.08. The van der Waals surface area contributed by atoms with Gasteiger partial charge in [-0.2, -0.15) is 0 Å². The van der Waals surface area contributed by atoms with Gasteiger partial charge in [0, 0.05) is 25.4 Å². The van der Waals surface area contributed by atoms with E-state index in [1.807, 2.05) is 0 Å². The number of hydrogen-bond donors (Lipinski definition) is 2. The first-order valence-corrected chi connectivity index (χ1v) is 7.33. The van der Waals surface area contributed by atoms with E-state index in [2.05, 4.69) is 15.6 Å². The molecule has 7 nitrogen and oxygen atoms in total. The Bertz CT molecular complexity index is 718. The third kappa shape index (κ3) is 4.79. The molecule has 0 saturated carbocycles. The molecular formula is C17H19N3O4. The number of carbonyl (C=O) groups excluding carboxylic acids is 2. The third-order valence-electron chi connectivity index (χ3n) is 3.13. The molecule has 2 aromatic rings. The first kappa shape index (κ1) is 17.4. The highest BCUT2D eigenvalue weighted by Crippen LogP contribution is 2.17. The van der Waals surface area contributed by atoms with Gasteiger partial charge in [0.2, 0.25) is 0 Å². The summed E-state index contributed by atoms with van der Waals surface area (Å²) < 4.78 is 9.98. The highest BCUT2D eigenvalue weighted by molar-refractivity contribution is 6.03. The highest BCUT2D eigenvalue weighted by Gasteiger charge is 2.12. The van der Waals surface area contributed by atoms with Gasteiger partial charge in [-0.1, -0.05) is 12.1 Å². The van der Waals surface area contributed by atoms with Crippen molar-refractivity contribution in [1.29, 1.82) is 0 Å². The van der Waals surface area contributed by atoms with Crippen LogP contribution >= 0.6 is 0 Å². The first-order chi connectivity index (χ1) is 11.6. The van der Waals surface area contributed by atoms with Gasteiger partial charge in [0.15, 0.2) is 0 Å². The summed E-state index contributed by atoms with van der Waals surface area (Å²) in [5.74, 6) is -0.134. The second-order valence-electron chi connectivity index (χ2n) is 4.84. The van der Waals surface area contributed by atoms with Gasteiger partial charge in [-0.25, -0.2) is 4.98 Å². The number of aromatic nitrogens is 1. The van der Waals surface area contributed by atoms with Crippen molar-refractivity contribution in [2.75, 3.05) is 32.7 Å². The molecule has 1 heterocycles. The molecule has 0 bridgehead atoms. The Hall–Kier alpha value is -2.93. The Balaban J connectivity index is 2.06. The lowest BCUT2D eigenvalue weighted by atomic mass is 10.2. The lowest BCUT2D eigenvalue weighted by Crippen LogP contribution is -2.28. The highest BCUT2D eigenvalue weighted by atomic mass is 16.5. The normalized spacial score (nSPS) is 10.1. The van der Waals surface area contributed by atoms with Gasteiger partial charge >= 0.3 is 0 Å². The van der Waals surface area contributed by atoms with Crippen LogP contribution < -0.4 is 15.4 Å². The van der Waals surface area contributed by atoms with Crippen LogP contribution in [-0.4, -0.2) is 44.2 Å². The molecule has 2 amide bonds. The zero-order chi connectivity index (χ0) is 17.4. The van der Waals surface area contributed by atoms with Gasteiger partial charge in [0.1, 0.15) is 17.1 Å². The van der Waals surface area contributed by atoms with E-state index in [-0.39, 0.29) is 17.3 Å². The SMILES string of the molecule is COCCNC(=O)c1cccc(C(=O)Nc2cccc(OC)c2)n1. The second kappa shape index (κ2) is 8.64. The second-order valence-corrected chi connectivity index (χ2v) is 4.84. The van der Waals surface area contributed by atoms with E-state index in [1.165, 1.54) is 0 Å². The van der Waals surface area contributed by atoms with Crippen molar-refractivity contribution in [2.24, 2.45) is 0 Å². The molecule has 0 unspecified atom stereocenters.